The summed E-state index contributed by atoms with van der Waals surface area (Å²) in [5.74, 6) is 0. The number of pyridine rings is 1. The van der Waals surface area contributed by atoms with Gasteiger partial charge in [0.25, 0.3) is 0 Å². The SMILES string of the molecule is CS(=O)(=O)c1ccc(-c2ccccc2Cl)cc1-c1ccc2cccc(C(F)(F)F)c2n1. The topological polar surface area (TPSA) is 47.0 Å². The van der Waals surface area contributed by atoms with E-state index in [0.29, 0.717) is 21.5 Å². The first-order chi connectivity index (χ1) is 14.6. The van der Waals surface area contributed by atoms with E-state index < -0.39 is 21.6 Å². The number of rotatable bonds is 3. The maximum Gasteiger partial charge on any atom is 0.418 e. The summed E-state index contributed by atoms with van der Waals surface area (Å²) in [6, 6.07) is 18.5. The van der Waals surface area contributed by atoms with Crippen LogP contribution in [0.3, 0.4) is 0 Å². The van der Waals surface area contributed by atoms with E-state index in [9.17, 15) is 21.6 Å². The van der Waals surface area contributed by atoms with Gasteiger partial charge in [-0.3, -0.25) is 0 Å². The minimum atomic E-state index is -4.59. The molecule has 0 amide bonds. The highest BCUT2D eigenvalue weighted by Crippen LogP contribution is 2.37. The Morgan fingerprint density at radius 1 is 0.871 bits per heavy atom. The molecule has 0 aliphatic rings. The number of hydrogen-bond acceptors (Lipinski definition) is 3. The number of halogens is 4. The minimum absolute atomic E-state index is 0.0281. The third-order valence-corrected chi connectivity index (χ3v) is 6.35. The van der Waals surface area contributed by atoms with E-state index in [1.165, 1.54) is 30.3 Å². The van der Waals surface area contributed by atoms with Gasteiger partial charge in [-0.05, 0) is 35.9 Å². The Morgan fingerprint density at radius 3 is 2.29 bits per heavy atom. The Hall–Kier alpha value is -2.90. The summed E-state index contributed by atoms with van der Waals surface area (Å²) < 4.78 is 65.3. The average molecular weight is 462 g/mol. The zero-order chi connectivity index (χ0) is 22.4. The summed E-state index contributed by atoms with van der Waals surface area (Å²) in [4.78, 5) is 4.20. The molecule has 0 aliphatic heterocycles. The van der Waals surface area contributed by atoms with E-state index in [2.05, 4.69) is 4.98 Å². The van der Waals surface area contributed by atoms with Crippen LogP contribution in [-0.4, -0.2) is 19.7 Å². The van der Waals surface area contributed by atoms with E-state index in [4.69, 9.17) is 11.6 Å². The molecular formula is C23H15ClF3NO2S. The van der Waals surface area contributed by atoms with Crippen molar-refractivity contribution in [3.05, 3.63) is 83.4 Å². The molecule has 1 heterocycles. The van der Waals surface area contributed by atoms with Crippen LogP contribution in [0.25, 0.3) is 33.3 Å². The largest absolute Gasteiger partial charge is 0.418 e. The maximum atomic E-state index is 13.5. The summed E-state index contributed by atoms with van der Waals surface area (Å²) in [5.41, 5.74) is 0.503. The van der Waals surface area contributed by atoms with Crippen LogP contribution in [0.1, 0.15) is 5.56 Å². The Kier molecular flexibility index (Phi) is 5.27. The molecular weight excluding hydrogens is 447 g/mol. The van der Waals surface area contributed by atoms with Crippen molar-refractivity contribution in [3.63, 3.8) is 0 Å². The molecule has 3 nitrogen and oxygen atoms in total. The number of aromatic nitrogens is 1. The predicted molar refractivity (Wildman–Crippen MR) is 116 cm³/mol. The normalized spacial score (nSPS) is 12.3. The average Bonchev–Trinajstić information content (AvgIpc) is 2.71. The van der Waals surface area contributed by atoms with Gasteiger partial charge in [-0.25, -0.2) is 13.4 Å². The summed E-state index contributed by atoms with van der Waals surface area (Å²) >= 11 is 6.28. The van der Waals surface area contributed by atoms with Crippen LogP contribution >= 0.6 is 11.6 Å². The second-order valence-corrected chi connectivity index (χ2v) is 9.43. The van der Waals surface area contributed by atoms with Gasteiger partial charge in [0.15, 0.2) is 9.84 Å². The number of hydrogen-bond donors (Lipinski definition) is 0. The van der Waals surface area contributed by atoms with Crippen molar-refractivity contribution in [1.82, 2.24) is 4.98 Å². The number of fused-ring (bicyclic) bond motifs is 1. The van der Waals surface area contributed by atoms with E-state index >= 15 is 0 Å². The van der Waals surface area contributed by atoms with Gasteiger partial charge in [0.05, 0.1) is 21.7 Å². The molecule has 4 rings (SSSR count). The second-order valence-electron chi connectivity index (χ2n) is 7.03. The molecule has 8 heteroatoms. The summed E-state index contributed by atoms with van der Waals surface area (Å²) in [5, 5.41) is 0.771. The molecule has 0 fully saturated rings. The lowest BCUT2D eigenvalue weighted by atomic mass is 10.0. The molecule has 3 aromatic carbocycles. The molecule has 0 aliphatic carbocycles. The molecule has 1 aromatic heterocycles. The first-order valence-electron chi connectivity index (χ1n) is 9.12. The number of para-hydroxylation sites is 1. The van der Waals surface area contributed by atoms with Crippen molar-refractivity contribution in [1.29, 1.82) is 0 Å². The Morgan fingerprint density at radius 2 is 1.61 bits per heavy atom. The zero-order valence-corrected chi connectivity index (χ0v) is 17.7. The van der Waals surface area contributed by atoms with Crippen LogP contribution in [0.15, 0.2) is 77.7 Å². The van der Waals surface area contributed by atoms with Gasteiger partial charge in [0.1, 0.15) is 0 Å². The monoisotopic (exact) mass is 461 g/mol. The van der Waals surface area contributed by atoms with E-state index in [-0.39, 0.29) is 21.7 Å². The summed E-state index contributed by atoms with van der Waals surface area (Å²) in [6.45, 7) is 0. The Balaban J connectivity index is 2.01. The van der Waals surface area contributed by atoms with E-state index in [1.54, 1.807) is 36.4 Å². The standard InChI is InChI=1S/C23H15ClF3NO2S/c1-31(29,30)21-12-10-15(16-6-2-3-8-19(16)24)13-17(21)20-11-9-14-5-4-7-18(22(14)28-20)23(25,26)27/h2-13H,1H3. The molecule has 0 radical (unpaired) electrons. The fraction of sp³-hybridized carbons (Fsp3) is 0.0870. The Labute approximate surface area is 182 Å². The summed E-state index contributed by atoms with van der Waals surface area (Å²) in [6.07, 6.45) is -3.55. The third-order valence-electron chi connectivity index (χ3n) is 4.87. The highest BCUT2D eigenvalue weighted by atomic mass is 35.5. The van der Waals surface area contributed by atoms with E-state index in [0.717, 1.165) is 12.3 Å². The van der Waals surface area contributed by atoms with Crippen LogP contribution in [0, 0.1) is 0 Å². The van der Waals surface area contributed by atoms with Crippen LogP contribution < -0.4 is 0 Å². The molecule has 4 aromatic rings. The lowest BCUT2D eigenvalue weighted by Crippen LogP contribution is -2.07. The fourth-order valence-corrected chi connectivity index (χ4v) is 4.57. The van der Waals surface area contributed by atoms with Gasteiger partial charge in [-0.2, -0.15) is 13.2 Å². The van der Waals surface area contributed by atoms with Crippen molar-refractivity contribution >= 4 is 32.3 Å². The molecule has 0 N–H and O–H groups in total. The maximum absolute atomic E-state index is 13.5. The van der Waals surface area contributed by atoms with Crippen molar-refractivity contribution in [3.8, 4) is 22.4 Å². The second kappa shape index (κ2) is 7.66. The van der Waals surface area contributed by atoms with Crippen molar-refractivity contribution in [2.75, 3.05) is 6.26 Å². The molecule has 31 heavy (non-hydrogen) atoms. The Bertz CT molecular complexity index is 1420. The molecule has 0 bridgehead atoms. The lowest BCUT2D eigenvalue weighted by molar-refractivity contribution is -0.136. The highest BCUT2D eigenvalue weighted by molar-refractivity contribution is 7.90. The van der Waals surface area contributed by atoms with Gasteiger partial charge >= 0.3 is 6.18 Å². The highest BCUT2D eigenvalue weighted by Gasteiger charge is 2.33. The van der Waals surface area contributed by atoms with Crippen molar-refractivity contribution in [2.45, 2.75) is 11.1 Å². The molecule has 0 spiro atoms. The molecule has 0 unspecified atom stereocenters. The minimum Gasteiger partial charge on any atom is -0.247 e. The van der Waals surface area contributed by atoms with Crippen molar-refractivity contribution in [2.24, 2.45) is 0 Å². The molecule has 0 saturated carbocycles. The van der Waals surface area contributed by atoms with Crippen LogP contribution in [0.2, 0.25) is 5.02 Å². The van der Waals surface area contributed by atoms with Gasteiger partial charge in [-0.15, -0.1) is 0 Å². The number of benzene rings is 3. The number of alkyl halides is 3. The lowest BCUT2D eigenvalue weighted by Gasteiger charge is -2.14. The zero-order valence-electron chi connectivity index (χ0n) is 16.1. The third kappa shape index (κ3) is 4.16. The van der Waals surface area contributed by atoms with Gasteiger partial charge in [-0.1, -0.05) is 54.1 Å². The fourth-order valence-electron chi connectivity index (χ4n) is 3.44. The first-order valence-corrected chi connectivity index (χ1v) is 11.4. The molecule has 0 saturated heterocycles. The number of nitrogens with zero attached hydrogens (tertiary/aromatic N) is 1. The van der Waals surface area contributed by atoms with Crippen LogP contribution in [0.5, 0.6) is 0 Å². The predicted octanol–water partition coefficient (Wildman–Crippen LogP) is 6.64. The smallest absolute Gasteiger partial charge is 0.247 e. The van der Waals surface area contributed by atoms with Crippen molar-refractivity contribution < 1.29 is 21.6 Å². The quantitative estimate of drug-likeness (QED) is 0.343. The first kappa shape index (κ1) is 21.3. The van der Waals surface area contributed by atoms with Crippen LogP contribution in [-0.2, 0) is 16.0 Å². The van der Waals surface area contributed by atoms with Gasteiger partial charge in [0, 0.05) is 27.8 Å². The molecule has 158 valence electrons. The van der Waals surface area contributed by atoms with Gasteiger partial charge < -0.3 is 0 Å². The van der Waals surface area contributed by atoms with Crippen LogP contribution in [0.4, 0.5) is 13.2 Å². The number of sulfone groups is 1. The van der Waals surface area contributed by atoms with E-state index in [1.807, 2.05) is 0 Å². The summed E-state index contributed by atoms with van der Waals surface area (Å²) in [7, 11) is -3.68. The van der Waals surface area contributed by atoms with Gasteiger partial charge in [0.2, 0.25) is 0 Å². The molecule has 0 atom stereocenters.